The molecule has 1 atom stereocenters. The summed E-state index contributed by atoms with van der Waals surface area (Å²) >= 11 is 0. The number of carbonyl (C=O) groups excluding carboxylic acids is 1. The number of aromatic nitrogens is 1. The Kier molecular flexibility index (Phi) is 5.11. The van der Waals surface area contributed by atoms with Gasteiger partial charge in [0.05, 0.1) is 12.1 Å². The molecular weight excluding hydrogens is 216 g/mol. The molecule has 0 aliphatic heterocycles. The first-order valence-corrected chi connectivity index (χ1v) is 5.44. The largest absolute Gasteiger partial charge is 0.368 e. The van der Waals surface area contributed by atoms with Gasteiger partial charge in [-0.3, -0.25) is 14.7 Å². The van der Waals surface area contributed by atoms with Crippen molar-refractivity contribution in [3.8, 4) is 6.07 Å². The van der Waals surface area contributed by atoms with Crippen LogP contribution in [0.15, 0.2) is 24.5 Å². The van der Waals surface area contributed by atoms with Crippen molar-refractivity contribution >= 4 is 5.91 Å². The van der Waals surface area contributed by atoms with Crippen LogP contribution in [0.5, 0.6) is 0 Å². The molecule has 5 nitrogen and oxygen atoms in total. The minimum Gasteiger partial charge on any atom is -0.368 e. The Hall–Kier alpha value is -1.93. The van der Waals surface area contributed by atoms with Gasteiger partial charge in [-0.05, 0) is 18.6 Å². The van der Waals surface area contributed by atoms with Gasteiger partial charge in [0.15, 0.2) is 0 Å². The van der Waals surface area contributed by atoms with Gasteiger partial charge in [-0.15, -0.1) is 0 Å². The van der Waals surface area contributed by atoms with Gasteiger partial charge in [-0.1, -0.05) is 6.07 Å². The third-order valence-electron chi connectivity index (χ3n) is 2.58. The number of hydrogen-bond acceptors (Lipinski definition) is 4. The minimum atomic E-state index is -0.386. The van der Waals surface area contributed by atoms with Gasteiger partial charge in [-0.2, -0.15) is 5.26 Å². The van der Waals surface area contributed by atoms with E-state index in [4.69, 9.17) is 11.0 Å². The lowest BCUT2D eigenvalue weighted by molar-refractivity contribution is -0.122. The highest BCUT2D eigenvalue weighted by atomic mass is 16.1. The Labute approximate surface area is 101 Å². The number of nitriles is 1. The average Bonchev–Trinajstić information content (AvgIpc) is 2.34. The van der Waals surface area contributed by atoms with E-state index >= 15 is 0 Å². The fraction of sp³-hybridized carbons (Fsp3) is 0.417. The van der Waals surface area contributed by atoms with E-state index < -0.39 is 0 Å². The molecule has 1 aromatic rings. The Balaban J connectivity index is 2.70. The van der Waals surface area contributed by atoms with Crippen LogP contribution in [0.25, 0.3) is 0 Å². The topological polar surface area (TPSA) is 83.0 Å². The van der Waals surface area contributed by atoms with Crippen molar-refractivity contribution in [3.63, 3.8) is 0 Å². The lowest BCUT2D eigenvalue weighted by Gasteiger charge is -2.25. The lowest BCUT2D eigenvalue weighted by atomic mass is 10.2. The van der Waals surface area contributed by atoms with Gasteiger partial charge in [0, 0.05) is 31.9 Å². The maximum absolute atomic E-state index is 11.2. The second-order valence-electron chi connectivity index (χ2n) is 3.82. The van der Waals surface area contributed by atoms with E-state index in [1.807, 2.05) is 17.0 Å². The number of rotatable bonds is 6. The van der Waals surface area contributed by atoms with Crippen LogP contribution < -0.4 is 5.73 Å². The summed E-state index contributed by atoms with van der Waals surface area (Å²) in [5.74, 6) is -0.383. The molecule has 90 valence electrons. The monoisotopic (exact) mass is 232 g/mol. The molecule has 0 saturated carbocycles. The van der Waals surface area contributed by atoms with Gasteiger partial charge in [-0.25, -0.2) is 0 Å². The maximum atomic E-state index is 11.2. The summed E-state index contributed by atoms with van der Waals surface area (Å²) in [7, 11) is 0. The Morgan fingerprint density at radius 1 is 1.71 bits per heavy atom. The quantitative estimate of drug-likeness (QED) is 0.781. The van der Waals surface area contributed by atoms with Crippen LogP contribution in [-0.4, -0.2) is 28.4 Å². The molecule has 5 heteroatoms. The molecule has 0 bridgehead atoms. The van der Waals surface area contributed by atoms with Crippen LogP contribution in [-0.2, 0) is 11.3 Å². The summed E-state index contributed by atoms with van der Waals surface area (Å²) in [5.41, 5.74) is 6.28. The SMILES string of the molecule is CC(C(N)=O)N(CCC#N)Cc1cccnc1. The lowest BCUT2D eigenvalue weighted by Crippen LogP contribution is -2.42. The summed E-state index contributed by atoms with van der Waals surface area (Å²) in [4.78, 5) is 17.1. The number of primary amides is 1. The molecule has 0 spiro atoms. The summed E-state index contributed by atoms with van der Waals surface area (Å²) in [6, 6.07) is 5.45. The summed E-state index contributed by atoms with van der Waals surface area (Å²) in [5, 5.41) is 8.60. The third-order valence-corrected chi connectivity index (χ3v) is 2.58. The molecule has 0 fully saturated rings. The Morgan fingerprint density at radius 2 is 2.47 bits per heavy atom. The first kappa shape index (κ1) is 13.1. The molecule has 0 aliphatic carbocycles. The molecule has 1 rings (SSSR count). The number of hydrogen-bond donors (Lipinski definition) is 1. The zero-order valence-electron chi connectivity index (χ0n) is 9.84. The summed E-state index contributed by atoms with van der Waals surface area (Å²) < 4.78 is 0. The second-order valence-corrected chi connectivity index (χ2v) is 3.82. The standard InChI is InChI=1S/C12H16N4O/c1-10(12(14)17)16(7-3-5-13)9-11-4-2-6-15-8-11/h2,4,6,8,10H,3,7,9H2,1H3,(H2,14,17). The fourth-order valence-corrected chi connectivity index (χ4v) is 1.51. The Morgan fingerprint density at radius 3 is 3.00 bits per heavy atom. The number of nitrogens with zero attached hydrogens (tertiary/aromatic N) is 3. The van der Waals surface area contributed by atoms with E-state index in [-0.39, 0.29) is 11.9 Å². The molecule has 0 aromatic carbocycles. The first-order chi connectivity index (χ1) is 8.15. The molecule has 1 heterocycles. The van der Waals surface area contributed by atoms with Crippen LogP contribution in [0.2, 0.25) is 0 Å². The predicted molar refractivity (Wildman–Crippen MR) is 63.5 cm³/mol. The van der Waals surface area contributed by atoms with E-state index in [1.54, 1.807) is 19.3 Å². The van der Waals surface area contributed by atoms with E-state index in [1.165, 1.54) is 0 Å². The number of amides is 1. The van der Waals surface area contributed by atoms with Crippen LogP contribution in [0.4, 0.5) is 0 Å². The van der Waals surface area contributed by atoms with E-state index in [2.05, 4.69) is 11.1 Å². The minimum absolute atomic E-state index is 0.373. The predicted octanol–water partition coefficient (Wildman–Crippen LogP) is 0.671. The van der Waals surface area contributed by atoms with Crippen molar-refractivity contribution < 1.29 is 4.79 Å². The van der Waals surface area contributed by atoms with Crippen molar-refractivity contribution in [1.82, 2.24) is 9.88 Å². The molecule has 0 radical (unpaired) electrons. The zero-order chi connectivity index (χ0) is 12.7. The molecule has 2 N–H and O–H groups in total. The van der Waals surface area contributed by atoms with Gasteiger partial charge < -0.3 is 5.73 Å². The van der Waals surface area contributed by atoms with Crippen molar-refractivity contribution in [2.24, 2.45) is 5.73 Å². The van der Waals surface area contributed by atoms with Crippen molar-refractivity contribution in [3.05, 3.63) is 30.1 Å². The van der Waals surface area contributed by atoms with Crippen molar-refractivity contribution in [2.75, 3.05) is 6.54 Å². The third kappa shape index (κ3) is 4.21. The summed E-state index contributed by atoms with van der Waals surface area (Å²) in [6.45, 7) is 2.84. The molecule has 1 aromatic heterocycles. The van der Waals surface area contributed by atoms with Gasteiger partial charge in [0.25, 0.3) is 0 Å². The zero-order valence-corrected chi connectivity index (χ0v) is 9.84. The van der Waals surface area contributed by atoms with Crippen molar-refractivity contribution in [1.29, 1.82) is 5.26 Å². The number of pyridine rings is 1. The van der Waals surface area contributed by atoms with Gasteiger partial charge in [0.1, 0.15) is 0 Å². The fourth-order valence-electron chi connectivity index (χ4n) is 1.51. The Bertz CT molecular complexity index is 399. The van der Waals surface area contributed by atoms with Crippen molar-refractivity contribution in [2.45, 2.75) is 25.9 Å². The van der Waals surface area contributed by atoms with Crippen LogP contribution >= 0.6 is 0 Å². The normalized spacial score (nSPS) is 12.1. The van der Waals surface area contributed by atoms with E-state index in [9.17, 15) is 4.79 Å². The smallest absolute Gasteiger partial charge is 0.234 e. The summed E-state index contributed by atoms with van der Waals surface area (Å²) in [6.07, 6.45) is 3.81. The molecule has 0 aliphatic rings. The molecule has 0 saturated heterocycles. The average molecular weight is 232 g/mol. The maximum Gasteiger partial charge on any atom is 0.234 e. The van der Waals surface area contributed by atoms with Crippen LogP contribution in [0.1, 0.15) is 18.9 Å². The van der Waals surface area contributed by atoms with E-state index in [0.29, 0.717) is 19.5 Å². The second kappa shape index (κ2) is 6.61. The van der Waals surface area contributed by atoms with Gasteiger partial charge >= 0.3 is 0 Å². The highest BCUT2D eigenvalue weighted by Crippen LogP contribution is 2.07. The highest BCUT2D eigenvalue weighted by molar-refractivity contribution is 5.79. The molecule has 1 amide bonds. The van der Waals surface area contributed by atoms with Crippen LogP contribution in [0.3, 0.4) is 0 Å². The highest BCUT2D eigenvalue weighted by Gasteiger charge is 2.18. The number of carbonyl (C=O) groups is 1. The van der Waals surface area contributed by atoms with Gasteiger partial charge in [0.2, 0.25) is 5.91 Å². The molecule has 17 heavy (non-hydrogen) atoms. The number of nitrogens with two attached hydrogens (primary N) is 1. The van der Waals surface area contributed by atoms with E-state index in [0.717, 1.165) is 5.56 Å². The van der Waals surface area contributed by atoms with Crippen LogP contribution in [0, 0.1) is 11.3 Å². The molecular formula is C12H16N4O. The first-order valence-electron chi connectivity index (χ1n) is 5.44. The molecule has 1 unspecified atom stereocenters.